The highest BCUT2D eigenvalue weighted by Crippen LogP contribution is 2.40. The largest absolute Gasteiger partial charge is 1.00 e. The number of imidazole rings is 1. The van der Waals surface area contributed by atoms with E-state index in [4.69, 9.17) is 39.9 Å². The maximum Gasteiger partial charge on any atom is 0.243 e. The molecule has 2 aromatic carbocycles. The maximum atomic E-state index is 6.02. The van der Waals surface area contributed by atoms with E-state index in [1.807, 2.05) is 12.4 Å². The van der Waals surface area contributed by atoms with Crippen LogP contribution in [0.5, 0.6) is 34.5 Å². The molecule has 0 radical (unpaired) electrons. The second-order valence-electron chi connectivity index (χ2n) is 7.78. The van der Waals surface area contributed by atoms with Crippen LogP contribution in [0.1, 0.15) is 12.8 Å². The Labute approximate surface area is 203 Å². The smallest absolute Gasteiger partial charge is 0.243 e. The Morgan fingerprint density at radius 2 is 1.32 bits per heavy atom. The zero-order valence-electron chi connectivity index (χ0n) is 18.6. The van der Waals surface area contributed by atoms with E-state index in [9.17, 15) is 0 Å². The summed E-state index contributed by atoms with van der Waals surface area (Å²) in [5.41, 5.74) is 13.1. The Balaban J connectivity index is 0.00000274. The van der Waals surface area contributed by atoms with Crippen LogP contribution in [0.3, 0.4) is 0 Å². The van der Waals surface area contributed by atoms with Crippen LogP contribution in [0.25, 0.3) is 0 Å². The van der Waals surface area contributed by atoms with Gasteiger partial charge in [0.05, 0.1) is 37.7 Å². The molecule has 34 heavy (non-hydrogen) atoms. The van der Waals surface area contributed by atoms with Gasteiger partial charge in [0, 0.05) is 37.1 Å². The highest BCUT2D eigenvalue weighted by molar-refractivity contribution is 5.63. The molecule has 4 N–H and O–H groups in total. The van der Waals surface area contributed by atoms with Crippen LogP contribution >= 0.6 is 0 Å². The van der Waals surface area contributed by atoms with Crippen LogP contribution in [0.15, 0.2) is 43.0 Å². The van der Waals surface area contributed by atoms with Gasteiger partial charge < -0.3 is 52.3 Å². The first-order valence-electron chi connectivity index (χ1n) is 10.8. The first-order valence-corrected chi connectivity index (χ1v) is 10.8. The van der Waals surface area contributed by atoms with Crippen molar-refractivity contribution in [1.29, 1.82) is 0 Å². The lowest BCUT2D eigenvalue weighted by Gasteiger charge is -2.09. The number of nitrogens with two attached hydrogens (primary N) is 2. The topological polar surface area (TPSA) is 116 Å². The van der Waals surface area contributed by atoms with Crippen LogP contribution in [-0.2, 0) is 13.1 Å². The number of ether oxygens (including phenoxy) is 6. The average Bonchev–Trinajstić information content (AvgIpc) is 3.55. The van der Waals surface area contributed by atoms with Gasteiger partial charge in [0.1, 0.15) is 23.9 Å². The molecular formula is C23H27ClN4O6. The Morgan fingerprint density at radius 3 is 1.91 bits per heavy atom. The molecule has 0 spiro atoms. The van der Waals surface area contributed by atoms with Gasteiger partial charge in [0.25, 0.3) is 0 Å². The SMILES string of the molecule is Nc1cc2c(cc1OCCCn1cc[n+](CCCOc3cc4c(cc3N)OCO4)c1)OCO2.[Cl-]. The number of benzene rings is 2. The highest BCUT2D eigenvalue weighted by Gasteiger charge is 2.18. The van der Waals surface area contributed by atoms with Crippen LogP contribution in [0.2, 0.25) is 0 Å². The average molecular weight is 491 g/mol. The molecule has 10 nitrogen and oxygen atoms in total. The van der Waals surface area contributed by atoms with Gasteiger partial charge >= 0.3 is 0 Å². The molecule has 11 heteroatoms. The maximum absolute atomic E-state index is 6.02. The van der Waals surface area contributed by atoms with Crippen molar-refractivity contribution in [2.24, 2.45) is 0 Å². The molecule has 3 heterocycles. The van der Waals surface area contributed by atoms with Gasteiger partial charge in [-0.25, -0.2) is 9.13 Å². The third-order valence-corrected chi connectivity index (χ3v) is 5.39. The van der Waals surface area contributed by atoms with Gasteiger partial charge in [-0.2, -0.15) is 0 Å². The minimum absolute atomic E-state index is 0. The van der Waals surface area contributed by atoms with E-state index in [0.29, 0.717) is 59.1 Å². The molecule has 182 valence electrons. The molecule has 2 aliphatic rings. The lowest BCUT2D eigenvalue weighted by molar-refractivity contribution is -0.696. The number of fused-ring (bicyclic) bond motifs is 2. The van der Waals surface area contributed by atoms with Crippen molar-refractivity contribution in [3.05, 3.63) is 43.0 Å². The predicted molar refractivity (Wildman–Crippen MR) is 119 cm³/mol. The monoisotopic (exact) mass is 490 g/mol. The summed E-state index contributed by atoms with van der Waals surface area (Å²) in [6.07, 6.45) is 7.85. The molecule has 0 atom stereocenters. The van der Waals surface area contributed by atoms with E-state index < -0.39 is 0 Å². The lowest BCUT2D eigenvalue weighted by atomic mass is 10.2. The van der Waals surface area contributed by atoms with Crippen LogP contribution in [0, 0.1) is 0 Å². The molecule has 2 aliphatic heterocycles. The Kier molecular flexibility index (Phi) is 7.27. The Hall–Kier alpha value is -3.66. The Bertz CT molecular complexity index is 1050. The van der Waals surface area contributed by atoms with Crippen molar-refractivity contribution in [2.75, 3.05) is 38.3 Å². The van der Waals surface area contributed by atoms with Crippen molar-refractivity contribution in [3.8, 4) is 34.5 Å². The van der Waals surface area contributed by atoms with Crippen LogP contribution in [0.4, 0.5) is 11.4 Å². The van der Waals surface area contributed by atoms with E-state index in [0.717, 1.165) is 25.9 Å². The van der Waals surface area contributed by atoms with Gasteiger partial charge in [-0.1, -0.05) is 0 Å². The van der Waals surface area contributed by atoms with Crippen molar-refractivity contribution >= 4 is 11.4 Å². The third kappa shape index (κ3) is 5.28. The number of rotatable bonds is 10. The first-order chi connectivity index (χ1) is 16.2. The molecular weight excluding hydrogens is 464 g/mol. The van der Waals surface area contributed by atoms with E-state index in [2.05, 4.69) is 15.5 Å². The fourth-order valence-corrected chi connectivity index (χ4v) is 3.69. The molecule has 1 aromatic heterocycles. The van der Waals surface area contributed by atoms with Gasteiger partial charge in [-0.15, -0.1) is 0 Å². The molecule has 0 amide bonds. The van der Waals surface area contributed by atoms with Crippen molar-refractivity contribution in [1.82, 2.24) is 4.57 Å². The number of aryl methyl sites for hydroxylation is 2. The van der Waals surface area contributed by atoms with E-state index in [1.54, 1.807) is 24.3 Å². The molecule has 0 saturated carbocycles. The zero-order chi connectivity index (χ0) is 22.6. The summed E-state index contributed by atoms with van der Waals surface area (Å²) >= 11 is 0. The van der Waals surface area contributed by atoms with Gasteiger partial charge in [0.15, 0.2) is 23.0 Å². The molecule has 0 unspecified atom stereocenters. The summed E-state index contributed by atoms with van der Waals surface area (Å²) in [6, 6.07) is 7.02. The summed E-state index contributed by atoms with van der Waals surface area (Å²) in [5, 5.41) is 0. The van der Waals surface area contributed by atoms with E-state index in [-0.39, 0.29) is 26.0 Å². The normalized spacial score (nSPS) is 12.9. The van der Waals surface area contributed by atoms with E-state index >= 15 is 0 Å². The molecule has 3 aromatic rings. The fraction of sp³-hybridized carbons (Fsp3) is 0.348. The quantitative estimate of drug-likeness (QED) is 0.218. The number of hydrogen-bond donors (Lipinski definition) is 2. The zero-order valence-corrected chi connectivity index (χ0v) is 19.3. The lowest BCUT2D eigenvalue weighted by Crippen LogP contribution is -3.00. The van der Waals surface area contributed by atoms with Crippen molar-refractivity contribution in [2.45, 2.75) is 25.9 Å². The summed E-state index contributed by atoms with van der Waals surface area (Å²) < 4.78 is 37.3. The minimum Gasteiger partial charge on any atom is -1.00 e. The standard InChI is InChI=1S/C23H27N4O6.ClH/c24-16-9-20-22(32-14-30-20)11-18(16)28-7-1-3-26-5-6-27(13-26)4-2-8-29-19-12-23-21(10-17(19)25)31-15-33-23;/h5-6,9-13H,1-4,7-8,14-15,24-25H2;1H/q+1;/p-1. The summed E-state index contributed by atoms with van der Waals surface area (Å²) in [7, 11) is 0. The van der Waals surface area contributed by atoms with Crippen molar-refractivity contribution in [3.63, 3.8) is 0 Å². The van der Waals surface area contributed by atoms with Crippen molar-refractivity contribution < 1.29 is 45.4 Å². The first kappa shape index (κ1) is 23.5. The highest BCUT2D eigenvalue weighted by atomic mass is 35.5. The molecule has 0 fully saturated rings. The Morgan fingerprint density at radius 1 is 0.794 bits per heavy atom. The van der Waals surface area contributed by atoms with Crippen LogP contribution < -0.4 is 56.9 Å². The summed E-state index contributed by atoms with van der Waals surface area (Å²) in [6.45, 7) is 3.19. The fourth-order valence-electron chi connectivity index (χ4n) is 3.69. The molecule has 0 saturated heterocycles. The number of aromatic nitrogens is 2. The van der Waals surface area contributed by atoms with Gasteiger partial charge in [-0.3, -0.25) is 0 Å². The van der Waals surface area contributed by atoms with Gasteiger partial charge in [0.2, 0.25) is 19.9 Å². The second kappa shape index (κ2) is 10.5. The number of anilines is 2. The predicted octanol–water partition coefficient (Wildman–Crippen LogP) is -0.660. The van der Waals surface area contributed by atoms with Crippen LogP contribution in [-0.4, -0.2) is 31.4 Å². The number of nitrogen functional groups attached to an aromatic ring is 2. The number of hydrogen-bond acceptors (Lipinski definition) is 8. The molecule has 0 bridgehead atoms. The minimum atomic E-state index is 0. The van der Waals surface area contributed by atoms with E-state index in [1.165, 1.54) is 0 Å². The summed E-state index contributed by atoms with van der Waals surface area (Å²) in [5.74, 6) is 3.87. The van der Waals surface area contributed by atoms with Gasteiger partial charge in [-0.05, 0) is 0 Å². The number of halogens is 1. The number of nitrogens with zero attached hydrogens (tertiary/aromatic N) is 2. The second-order valence-corrected chi connectivity index (χ2v) is 7.78. The summed E-state index contributed by atoms with van der Waals surface area (Å²) in [4.78, 5) is 0. The molecule has 0 aliphatic carbocycles. The molecule has 5 rings (SSSR count). The third-order valence-electron chi connectivity index (χ3n) is 5.39.